The van der Waals surface area contributed by atoms with E-state index in [9.17, 15) is 14.9 Å². The number of ether oxygens (including phenoxy) is 1. The number of nitro groups is 1. The fourth-order valence-corrected chi connectivity index (χ4v) is 3.08. The number of methoxy groups -OCH3 is 1. The zero-order valence-corrected chi connectivity index (χ0v) is 16.3. The van der Waals surface area contributed by atoms with E-state index in [0.29, 0.717) is 11.4 Å². The molecule has 2 aromatic heterocycles. The number of fused-ring (bicyclic) bond motifs is 1. The molecule has 0 radical (unpaired) electrons. The van der Waals surface area contributed by atoms with Crippen LogP contribution in [-0.4, -0.2) is 33.0 Å². The van der Waals surface area contributed by atoms with Crippen LogP contribution in [0.1, 0.15) is 10.4 Å². The van der Waals surface area contributed by atoms with Gasteiger partial charge in [-0.1, -0.05) is 18.2 Å². The smallest absolute Gasteiger partial charge is 0.353 e. The van der Waals surface area contributed by atoms with Gasteiger partial charge in [-0.15, -0.1) is 0 Å². The zero-order chi connectivity index (χ0) is 21.8. The Morgan fingerprint density at radius 3 is 2.39 bits per heavy atom. The van der Waals surface area contributed by atoms with Crippen LogP contribution in [0.15, 0.2) is 67.1 Å². The molecule has 4 aromatic rings. The second kappa shape index (κ2) is 8.41. The Balaban J connectivity index is 1.76. The predicted octanol–water partition coefficient (Wildman–Crippen LogP) is 4.21. The molecule has 0 aliphatic heterocycles. The number of benzene rings is 2. The third-order valence-corrected chi connectivity index (χ3v) is 4.49. The standard InChI is InChI=1S/C21H16N6O4/c1-31-21(28)14-6-2-3-8-17(14)26-20-18(27(29)30)19(23-12-24-20)25-16-10-4-9-15-13(16)7-5-11-22-15/h2-12H,1H3,(H2,23,24,25,26). The first kappa shape index (κ1) is 19.7. The van der Waals surface area contributed by atoms with Crippen molar-refractivity contribution >= 4 is 45.6 Å². The van der Waals surface area contributed by atoms with Crippen molar-refractivity contribution in [2.24, 2.45) is 0 Å². The molecule has 31 heavy (non-hydrogen) atoms. The van der Waals surface area contributed by atoms with Gasteiger partial charge in [0.1, 0.15) is 6.33 Å². The Hall–Kier alpha value is -4.60. The minimum atomic E-state index is -0.588. The van der Waals surface area contributed by atoms with E-state index >= 15 is 0 Å². The van der Waals surface area contributed by atoms with Crippen molar-refractivity contribution in [2.45, 2.75) is 0 Å². The highest BCUT2D eigenvalue weighted by molar-refractivity contribution is 5.97. The largest absolute Gasteiger partial charge is 0.465 e. The van der Waals surface area contributed by atoms with Crippen molar-refractivity contribution in [1.29, 1.82) is 0 Å². The van der Waals surface area contributed by atoms with Gasteiger partial charge in [-0.2, -0.15) is 0 Å². The SMILES string of the molecule is COC(=O)c1ccccc1Nc1ncnc(Nc2cccc3ncccc23)c1[N+](=O)[O-]. The first-order chi connectivity index (χ1) is 15.1. The summed E-state index contributed by atoms with van der Waals surface area (Å²) in [5.74, 6) is -0.659. The Kier molecular flexibility index (Phi) is 5.35. The summed E-state index contributed by atoms with van der Waals surface area (Å²) in [5.41, 5.74) is 1.50. The molecular weight excluding hydrogens is 400 g/mol. The van der Waals surface area contributed by atoms with Gasteiger partial charge >= 0.3 is 11.7 Å². The molecule has 0 aliphatic rings. The molecule has 154 valence electrons. The number of carbonyl (C=O) groups excluding carboxylic acids is 1. The number of nitrogens with zero attached hydrogens (tertiary/aromatic N) is 4. The highest BCUT2D eigenvalue weighted by Gasteiger charge is 2.25. The quantitative estimate of drug-likeness (QED) is 0.269. The minimum absolute atomic E-state index is 0.00518. The number of aromatic nitrogens is 3. The van der Waals surface area contributed by atoms with Crippen LogP contribution in [0.5, 0.6) is 0 Å². The summed E-state index contributed by atoms with van der Waals surface area (Å²) in [6.45, 7) is 0. The Bertz CT molecular complexity index is 1290. The lowest BCUT2D eigenvalue weighted by molar-refractivity contribution is -0.383. The number of hydrogen-bond donors (Lipinski definition) is 2. The normalized spacial score (nSPS) is 10.5. The molecule has 2 heterocycles. The average Bonchev–Trinajstić information content (AvgIpc) is 2.79. The number of para-hydroxylation sites is 1. The molecule has 4 rings (SSSR count). The van der Waals surface area contributed by atoms with Crippen LogP contribution in [0, 0.1) is 10.1 Å². The third-order valence-electron chi connectivity index (χ3n) is 4.49. The van der Waals surface area contributed by atoms with E-state index < -0.39 is 10.9 Å². The van der Waals surface area contributed by atoms with E-state index in [1.807, 2.05) is 12.1 Å². The van der Waals surface area contributed by atoms with Crippen molar-refractivity contribution in [2.75, 3.05) is 17.7 Å². The lowest BCUT2D eigenvalue weighted by Gasteiger charge is -2.13. The number of rotatable bonds is 6. The summed E-state index contributed by atoms with van der Waals surface area (Å²) < 4.78 is 4.77. The maximum atomic E-state index is 12.0. The van der Waals surface area contributed by atoms with Gasteiger partial charge < -0.3 is 15.4 Å². The molecule has 10 heteroatoms. The second-order valence-electron chi connectivity index (χ2n) is 6.34. The van der Waals surface area contributed by atoms with Crippen molar-refractivity contribution < 1.29 is 14.5 Å². The molecule has 0 spiro atoms. The van der Waals surface area contributed by atoms with Crippen molar-refractivity contribution in [3.8, 4) is 0 Å². The monoisotopic (exact) mass is 416 g/mol. The molecular formula is C21H16N6O4. The molecule has 0 atom stereocenters. The topological polar surface area (TPSA) is 132 Å². The fourth-order valence-electron chi connectivity index (χ4n) is 3.08. The van der Waals surface area contributed by atoms with Gasteiger partial charge in [-0.25, -0.2) is 14.8 Å². The molecule has 0 unspecified atom stereocenters. The minimum Gasteiger partial charge on any atom is -0.465 e. The summed E-state index contributed by atoms with van der Waals surface area (Å²) in [5, 5.41) is 18.5. The Morgan fingerprint density at radius 1 is 0.935 bits per heavy atom. The molecule has 0 bridgehead atoms. The van der Waals surface area contributed by atoms with Crippen molar-refractivity contribution in [3.63, 3.8) is 0 Å². The molecule has 2 aromatic carbocycles. The summed E-state index contributed by atoms with van der Waals surface area (Å²) in [6, 6.07) is 15.5. The Labute approximate surface area is 176 Å². The summed E-state index contributed by atoms with van der Waals surface area (Å²) in [4.78, 5) is 35.7. The number of anilines is 4. The van der Waals surface area contributed by atoms with E-state index in [2.05, 4.69) is 25.6 Å². The van der Waals surface area contributed by atoms with Gasteiger partial charge in [-0.05, 0) is 36.4 Å². The summed E-state index contributed by atoms with van der Waals surface area (Å²) in [6.07, 6.45) is 2.86. The lowest BCUT2D eigenvalue weighted by Crippen LogP contribution is -2.09. The van der Waals surface area contributed by atoms with E-state index in [4.69, 9.17) is 4.74 Å². The van der Waals surface area contributed by atoms with Gasteiger partial charge in [0.25, 0.3) is 0 Å². The van der Waals surface area contributed by atoms with Crippen LogP contribution in [0.2, 0.25) is 0 Å². The maximum absolute atomic E-state index is 12.0. The number of hydrogen-bond acceptors (Lipinski definition) is 9. The van der Waals surface area contributed by atoms with Crippen LogP contribution in [-0.2, 0) is 4.74 Å². The van der Waals surface area contributed by atoms with Gasteiger partial charge in [0.05, 0.1) is 28.8 Å². The molecule has 0 saturated carbocycles. The molecule has 2 N–H and O–H groups in total. The summed E-state index contributed by atoms with van der Waals surface area (Å²) in [7, 11) is 1.26. The van der Waals surface area contributed by atoms with E-state index in [0.717, 1.165) is 10.9 Å². The third kappa shape index (κ3) is 3.94. The van der Waals surface area contributed by atoms with Crippen LogP contribution in [0.4, 0.5) is 28.7 Å². The van der Waals surface area contributed by atoms with E-state index in [1.54, 1.807) is 48.7 Å². The van der Waals surface area contributed by atoms with Gasteiger partial charge in [-0.3, -0.25) is 15.1 Å². The lowest BCUT2D eigenvalue weighted by atomic mass is 10.1. The Morgan fingerprint density at radius 2 is 1.65 bits per heavy atom. The number of carbonyl (C=O) groups is 1. The van der Waals surface area contributed by atoms with Crippen LogP contribution in [0.3, 0.4) is 0 Å². The second-order valence-corrected chi connectivity index (χ2v) is 6.34. The van der Waals surface area contributed by atoms with Crippen molar-refractivity contribution in [1.82, 2.24) is 15.0 Å². The van der Waals surface area contributed by atoms with E-state index in [1.165, 1.54) is 13.4 Å². The molecule has 0 amide bonds. The summed E-state index contributed by atoms with van der Waals surface area (Å²) >= 11 is 0. The fraction of sp³-hybridized carbons (Fsp3) is 0.0476. The molecule has 0 fully saturated rings. The van der Waals surface area contributed by atoms with Crippen LogP contribution < -0.4 is 10.6 Å². The maximum Gasteiger partial charge on any atom is 0.353 e. The number of pyridine rings is 1. The van der Waals surface area contributed by atoms with Gasteiger partial charge in [0.15, 0.2) is 0 Å². The van der Waals surface area contributed by atoms with Crippen LogP contribution >= 0.6 is 0 Å². The molecule has 0 saturated heterocycles. The molecule has 10 nitrogen and oxygen atoms in total. The first-order valence-corrected chi connectivity index (χ1v) is 9.13. The predicted molar refractivity (Wildman–Crippen MR) is 115 cm³/mol. The highest BCUT2D eigenvalue weighted by atomic mass is 16.6. The van der Waals surface area contributed by atoms with Gasteiger partial charge in [0.2, 0.25) is 11.6 Å². The number of nitrogens with one attached hydrogen (secondary N) is 2. The van der Waals surface area contributed by atoms with Crippen LogP contribution in [0.25, 0.3) is 10.9 Å². The van der Waals surface area contributed by atoms with E-state index in [-0.39, 0.29) is 22.9 Å². The van der Waals surface area contributed by atoms with Gasteiger partial charge in [0, 0.05) is 17.3 Å². The van der Waals surface area contributed by atoms with Crippen molar-refractivity contribution in [3.05, 3.63) is 82.8 Å². The highest BCUT2D eigenvalue weighted by Crippen LogP contribution is 2.35. The number of esters is 1. The average molecular weight is 416 g/mol. The zero-order valence-electron chi connectivity index (χ0n) is 16.3. The first-order valence-electron chi connectivity index (χ1n) is 9.13. The molecule has 0 aliphatic carbocycles.